The molecule has 0 aromatic heterocycles. The summed E-state index contributed by atoms with van der Waals surface area (Å²) in [5.41, 5.74) is 13.1. The van der Waals surface area contributed by atoms with Crippen molar-refractivity contribution in [3.05, 3.63) is 35.9 Å². The zero-order valence-electron chi connectivity index (χ0n) is 21.6. The highest BCUT2D eigenvalue weighted by Gasteiger charge is 2.51. The molecule has 2 rings (SSSR count). The molecule has 2 amide bonds. The number of nitrogens with one attached hydrogen (secondary N) is 2. The number of guanidine groups is 1. The van der Waals surface area contributed by atoms with Crippen LogP contribution in [0.3, 0.4) is 0 Å². The summed E-state index contributed by atoms with van der Waals surface area (Å²) in [5.74, 6) is -2.78. The number of aliphatic imine (C=N–C) groups is 1. The lowest BCUT2D eigenvalue weighted by Crippen LogP contribution is -2.51. The summed E-state index contributed by atoms with van der Waals surface area (Å²) in [6.45, 7) is 7.31. The molecule has 1 aromatic carbocycles. The van der Waals surface area contributed by atoms with Gasteiger partial charge in [-0.05, 0) is 31.2 Å². The molecule has 6 atom stereocenters. The predicted octanol–water partition coefficient (Wildman–Crippen LogP) is 0.857. The maximum atomic E-state index is 12.6. The van der Waals surface area contributed by atoms with Gasteiger partial charge in [0.2, 0.25) is 11.8 Å². The largest absolute Gasteiger partial charge is 0.466 e. The van der Waals surface area contributed by atoms with Gasteiger partial charge in [-0.1, -0.05) is 57.0 Å². The quantitative estimate of drug-likeness (QED) is 0.169. The van der Waals surface area contributed by atoms with Gasteiger partial charge in [0.05, 0.1) is 30.7 Å². The highest BCUT2D eigenvalue weighted by molar-refractivity contribution is 5.98. The molecule has 10 nitrogen and oxygen atoms in total. The first-order chi connectivity index (χ1) is 17.1. The summed E-state index contributed by atoms with van der Waals surface area (Å²) >= 11 is 0. The minimum absolute atomic E-state index is 0.0438. The van der Waals surface area contributed by atoms with Gasteiger partial charge in [0.15, 0.2) is 5.96 Å². The van der Waals surface area contributed by atoms with Gasteiger partial charge in [-0.15, -0.1) is 0 Å². The minimum Gasteiger partial charge on any atom is -0.466 e. The van der Waals surface area contributed by atoms with Gasteiger partial charge in [0.25, 0.3) is 0 Å². The van der Waals surface area contributed by atoms with Crippen LogP contribution in [0.4, 0.5) is 0 Å². The number of aliphatic hydroxyl groups excluding tert-OH is 1. The molecule has 0 radical (unpaired) electrons. The van der Waals surface area contributed by atoms with Crippen molar-refractivity contribution < 1.29 is 24.2 Å². The number of carbonyl (C=O) groups is 3. The lowest BCUT2D eigenvalue weighted by Gasteiger charge is -2.35. The number of hydrogen-bond donors (Lipinski definition) is 5. The summed E-state index contributed by atoms with van der Waals surface area (Å²) in [6.07, 6.45) is 0.916. The Hall–Kier alpha value is -2.98. The van der Waals surface area contributed by atoms with Crippen LogP contribution in [-0.2, 0) is 25.5 Å². The molecule has 0 heterocycles. The Labute approximate surface area is 213 Å². The second-order valence-corrected chi connectivity index (χ2v) is 9.33. The molecule has 0 bridgehead atoms. The van der Waals surface area contributed by atoms with Gasteiger partial charge in [0, 0.05) is 18.9 Å². The fourth-order valence-electron chi connectivity index (χ4n) is 5.08. The number of nitrogens with two attached hydrogens (primary N) is 2. The second kappa shape index (κ2) is 13.9. The van der Waals surface area contributed by atoms with Gasteiger partial charge in [0.1, 0.15) is 0 Å². The van der Waals surface area contributed by atoms with Crippen LogP contribution in [0.5, 0.6) is 0 Å². The molecule has 200 valence electrons. The topological polar surface area (TPSA) is 169 Å². The maximum absolute atomic E-state index is 12.6. The van der Waals surface area contributed by atoms with Crippen molar-refractivity contribution in [1.82, 2.24) is 10.6 Å². The van der Waals surface area contributed by atoms with Crippen LogP contribution >= 0.6 is 0 Å². The van der Waals surface area contributed by atoms with Crippen LogP contribution in [0.1, 0.15) is 52.5 Å². The van der Waals surface area contributed by atoms with Crippen LogP contribution in [-0.4, -0.2) is 59.7 Å². The molecule has 1 fully saturated rings. The Balaban J connectivity index is 2.28. The van der Waals surface area contributed by atoms with E-state index in [1.165, 1.54) is 6.92 Å². The van der Waals surface area contributed by atoms with E-state index in [-0.39, 0.29) is 30.8 Å². The van der Waals surface area contributed by atoms with Crippen molar-refractivity contribution in [1.29, 1.82) is 0 Å². The van der Waals surface area contributed by atoms with Gasteiger partial charge < -0.3 is 26.6 Å². The molecule has 1 aliphatic rings. The van der Waals surface area contributed by atoms with Crippen molar-refractivity contribution in [3.63, 3.8) is 0 Å². The SMILES string of the molecule is CCOC(=O)[C@H]1C[C@@H](N=C(N)NC(=O)C(N)Cc2ccccc2)[C@H](C(NC(C)=O)C(CC)CC)[C@@H]1O. The number of amides is 2. The molecule has 2 unspecified atom stereocenters. The molecule has 10 heteroatoms. The van der Waals surface area contributed by atoms with Gasteiger partial charge in [-0.25, -0.2) is 4.99 Å². The first-order valence-electron chi connectivity index (χ1n) is 12.7. The molecule has 1 saturated carbocycles. The number of carbonyl (C=O) groups excluding carboxylic acids is 3. The number of hydrogen-bond acceptors (Lipinski definition) is 7. The van der Waals surface area contributed by atoms with Crippen molar-refractivity contribution >= 4 is 23.7 Å². The zero-order valence-corrected chi connectivity index (χ0v) is 21.6. The molecule has 0 saturated heterocycles. The van der Waals surface area contributed by atoms with Crippen LogP contribution in [0.2, 0.25) is 0 Å². The standard InChI is InChI=1S/C26H41N5O5/c1-5-17(6-2)22(29-15(4)32)21-20(14-18(23(21)33)25(35)36-7-3)30-26(28)31-24(34)19(27)13-16-11-9-8-10-12-16/h8-12,17-23,33H,5-7,13-14,27H2,1-4H3,(H,29,32)(H3,28,30,31,34)/t18-,19?,20+,21+,22?,23+/m0/s1. The van der Waals surface area contributed by atoms with Crippen LogP contribution < -0.4 is 22.1 Å². The number of nitrogens with zero attached hydrogens (tertiary/aromatic N) is 1. The van der Waals surface area contributed by atoms with Crippen molar-refractivity contribution in [3.8, 4) is 0 Å². The van der Waals surface area contributed by atoms with Crippen LogP contribution in [0.25, 0.3) is 0 Å². The Morgan fingerprint density at radius 2 is 1.81 bits per heavy atom. The molecule has 7 N–H and O–H groups in total. The highest BCUT2D eigenvalue weighted by atomic mass is 16.5. The van der Waals surface area contributed by atoms with E-state index in [4.69, 9.17) is 16.2 Å². The lowest BCUT2D eigenvalue weighted by atomic mass is 9.80. The first-order valence-corrected chi connectivity index (χ1v) is 12.7. The fourth-order valence-corrected chi connectivity index (χ4v) is 5.08. The molecular formula is C26H41N5O5. The lowest BCUT2D eigenvalue weighted by molar-refractivity contribution is -0.151. The summed E-state index contributed by atoms with van der Waals surface area (Å²) in [6, 6.07) is 7.47. The van der Waals surface area contributed by atoms with Crippen LogP contribution in [0, 0.1) is 17.8 Å². The predicted molar refractivity (Wildman–Crippen MR) is 138 cm³/mol. The molecule has 0 spiro atoms. The van der Waals surface area contributed by atoms with E-state index < -0.39 is 47.9 Å². The summed E-state index contributed by atoms with van der Waals surface area (Å²) in [5, 5.41) is 16.7. The number of aliphatic hydroxyl groups is 1. The van der Waals surface area contributed by atoms with Crippen molar-refractivity contribution in [2.24, 2.45) is 34.2 Å². The van der Waals surface area contributed by atoms with E-state index in [1.54, 1.807) is 6.92 Å². The van der Waals surface area contributed by atoms with E-state index in [0.29, 0.717) is 6.42 Å². The summed E-state index contributed by atoms with van der Waals surface area (Å²) in [7, 11) is 0. The average Bonchev–Trinajstić information content (AvgIpc) is 3.14. The Kier molecular flexibility index (Phi) is 11.3. The summed E-state index contributed by atoms with van der Waals surface area (Å²) in [4.78, 5) is 41.8. The minimum atomic E-state index is -1.10. The van der Waals surface area contributed by atoms with Crippen LogP contribution in [0.15, 0.2) is 35.3 Å². The molecule has 1 aromatic rings. The summed E-state index contributed by atoms with van der Waals surface area (Å²) < 4.78 is 5.17. The molecule has 36 heavy (non-hydrogen) atoms. The monoisotopic (exact) mass is 503 g/mol. The van der Waals surface area contributed by atoms with E-state index in [0.717, 1.165) is 18.4 Å². The molecule has 0 aliphatic heterocycles. The third kappa shape index (κ3) is 7.76. The van der Waals surface area contributed by atoms with Crippen molar-refractivity contribution in [2.45, 2.75) is 77.6 Å². The van der Waals surface area contributed by atoms with E-state index in [2.05, 4.69) is 15.6 Å². The normalized spacial score (nSPS) is 23.7. The van der Waals surface area contributed by atoms with E-state index in [9.17, 15) is 19.5 Å². The van der Waals surface area contributed by atoms with Gasteiger partial charge in [-0.2, -0.15) is 0 Å². The molecular weight excluding hydrogens is 462 g/mol. The maximum Gasteiger partial charge on any atom is 0.311 e. The van der Waals surface area contributed by atoms with Gasteiger partial charge >= 0.3 is 5.97 Å². The zero-order chi connectivity index (χ0) is 26.8. The number of rotatable bonds is 11. The van der Waals surface area contributed by atoms with E-state index in [1.807, 2.05) is 44.2 Å². The van der Waals surface area contributed by atoms with Gasteiger partial charge in [-0.3, -0.25) is 19.7 Å². The Morgan fingerprint density at radius 1 is 1.17 bits per heavy atom. The van der Waals surface area contributed by atoms with Crippen molar-refractivity contribution in [2.75, 3.05) is 6.61 Å². The first kappa shape index (κ1) is 29.3. The highest BCUT2D eigenvalue weighted by Crippen LogP contribution is 2.40. The Bertz CT molecular complexity index is 905. The Morgan fingerprint density at radius 3 is 2.36 bits per heavy atom. The third-order valence-corrected chi connectivity index (χ3v) is 6.87. The van der Waals surface area contributed by atoms with E-state index >= 15 is 0 Å². The number of esters is 1. The number of ether oxygens (including phenoxy) is 1. The fraction of sp³-hybridized carbons (Fsp3) is 0.615. The third-order valence-electron chi connectivity index (χ3n) is 6.87. The second-order valence-electron chi connectivity index (χ2n) is 9.33. The average molecular weight is 504 g/mol. The smallest absolute Gasteiger partial charge is 0.311 e. The number of benzene rings is 1. The molecule has 1 aliphatic carbocycles.